The van der Waals surface area contributed by atoms with Crippen molar-refractivity contribution >= 4 is 164 Å². The molecule has 4 aromatic heterocycles. The SMILES string of the molecule is [2H]C([2H])([2H])c1cc(-c2ccccc2)cc(-c2ccc3c(c2)B2c4ccc(C(C)(C)C)cc4N(c4c(-c5cccc6oc7ccccc7c56)cc(C(C)(C)C)cc4-c4cccc5oc6ccccc6c45)c4cc(-c5cc(-c6ccccc6)cc(-c6ccccc6)c5)cc(c42)N3c2c(-c3cccc4sc5ccccc5c34)cccc2-c2cccc3sc4ccccc4c23)c1. The van der Waals surface area contributed by atoms with Gasteiger partial charge >= 0.3 is 0 Å². The van der Waals surface area contributed by atoms with Crippen molar-refractivity contribution in [2.24, 2.45) is 0 Å². The second kappa shape index (κ2) is 28.4. The Morgan fingerprint density at radius 1 is 0.258 bits per heavy atom. The number of fused-ring (bicyclic) bond motifs is 16. The van der Waals surface area contributed by atoms with Crippen molar-refractivity contribution in [3.05, 3.63) is 393 Å². The third kappa shape index (κ3) is 11.8. The van der Waals surface area contributed by atoms with Gasteiger partial charge in [-0.25, -0.2) is 0 Å². The van der Waals surface area contributed by atoms with Crippen molar-refractivity contribution in [2.75, 3.05) is 9.80 Å². The summed E-state index contributed by atoms with van der Waals surface area (Å²) >= 11 is 3.68. The number of benzene rings is 18. The fourth-order valence-electron chi connectivity index (χ4n) is 20.2. The van der Waals surface area contributed by atoms with Crippen molar-refractivity contribution in [1.29, 1.82) is 0 Å². The Morgan fingerprint density at radius 2 is 0.645 bits per heavy atom. The van der Waals surface area contributed by atoms with E-state index >= 15 is 0 Å². The van der Waals surface area contributed by atoms with Crippen LogP contribution in [0.2, 0.25) is 0 Å². The number of nitrogens with zero attached hydrogens (tertiary/aromatic N) is 2. The monoisotopic (exact) mass is 1630 g/mol. The van der Waals surface area contributed by atoms with E-state index in [1.807, 2.05) is 53.0 Å². The third-order valence-electron chi connectivity index (χ3n) is 26.0. The molecular weight excluding hydrogens is 1540 g/mol. The number of para-hydroxylation sites is 3. The maximum Gasteiger partial charge on any atom is 0.252 e. The Balaban J connectivity index is 0.919. The molecule has 2 aliphatic heterocycles. The molecule has 0 amide bonds. The lowest BCUT2D eigenvalue weighted by molar-refractivity contribution is 0.590. The van der Waals surface area contributed by atoms with Gasteiger partial charge in [0.25, 0.3) is 6.71 Å². The highest BCUT2D eigenvalue weighted by molar-refractivity contribution is 7.26. The molecule has 0 bridgehead atoms. The van der Waals surface area contributed by atoms with Crippen LogP contribution in [0, 0.1) is 6.85 Å². The van der Waals surface area contributed by atoms with E-state index in [4.69, 9.17) is 8.83 Å². The topological polar surface area (TPSA) is 32.8 Å². The number of hydrogen-bond donors (Lipinski definition) is 0. The lowest BCUT2D eigenvalue weighted by Crippen LogP contribution is -2.61. The van der Waals surface area contributed by atoms with Crippen LogP contribution in [-0.2, 0) is 10.8 Å². The van der Waals surface area contributed by atoms with Gasteiger partial charge in [-0.1, -0.05) is 308 Å². The summed E-state index contributed by atoms with van der Waals surface area (Å²) in [7, 11) is 0. The third-order valence-corrected chi connectivity index (χ3v) is 28.3. The van der Waals surface area contributed by atoms with Crippen molar-refractivity contribution < 1.29 is 12.9 Å². The number of rotatable bonds is 11. The molecule has 4 nitrogen and oxygen atoms in total. The van der Waals surface area contributed by atoms with Crippen LogP contribution in [0.15, 0.2) is 385 Å². The van der Waals surface area contributed by atoms with Crippen LogP contribution in [0.1, 0.15) is 62.3 Å². The zero-order chi connectivity index (χ0) is 85.5. The summed E-state index contributed by atoms with van der Waals surface area (Å²) in [5, 5.41) is 8.92. The summed E-state index contributed by atoms with van der Waals surface area (Å²) in [5.41, 5.74) is 32.8. The van der Waals surface area contributed by atoms with Gasteiger partial charge in [0.2, 0.25) is 0 Å². The number of hydrogen-bond acceptors (Lipinski definition) is 6. The minimum atomic E-state index is -2.43. The number of thiophene rings is 2. The maximum atomic E-state index is 9.24. The first-order valence-electron chi connectivity index (χ1n) is 44.4. The van der Waals surface area contributed by atoms with Crippen molar-refractivity contribution in [3.8, 4) is 100 Å². The second-order valence-corrected chi connectivity index (χ2v) is 37.7. The Bertz CT molecular complexity index is 7980. The summed E-state index contributed by atoms with van der Waals surface area (Å²) in [6.45, 7) is 11.1. The molecule has 0 spiro atoms. The first kappa shape index (κ1) is 70.4. The molecule has 0 unspecified atom stereocenters. The lowest BCUT2D eigenvalue weighted by atomic mass is 9.33. The Morgan fingerprint density at radius 3 is 1.15 bits per heavy atom. The van der Waals surface area contributed by atoms with E-state index in [2.05, 4.69) is 397 Å². The van der Waals surface area contributed by atoms with E-state index in [1.54, 1.807) is 0 Å². The molecule has 588 valence electrons. The van der Waals surface area contributed by atoms with Gasteiger partial charge in [0, 0.05) is 111 Å². The van der Waals surface area contributed by atoms with Crippen LogP contribution in [0.5, 0.6) is 0 Å². The van der Waals surface area contributed by atoms with Gasteiger partial charge in [0.1, 0.15) is 22.3 Å². The minimum Gasteiger partial charge on any atom is -0.456 e. The maximum absolute atomic E-state index is 9.24. The number of aryl methyl sites for hydroxylation is 1. The fraction of sp³-hybridized carbons (Fsp3) is 0.0769. The van der Waals surface area contributed by atoms with Crippen molar-refractivity contribution in [1.82, 2.24) is 0 Å². The van der Waals surface area contributed by atoms with Gasteiger partial charge in [0.05, 0.1) is 11.4 Å². The summed E-state index contributed by atoms with van der Waals surface area (Å²) in [6, 6.07) is 139. The molecule has 22 aromatic rings. The molecule has 6 heterocycles. The van der Waals surface area contributed by atoms with Crippen LogP contribution in [0.25, 0.3) is 184 Å². The number of furan rings is 2. The largest absolute Gasteiger partial charge is 0.456 e. The molecule has 0 atom stereocenters. The smallest absolute Gasteiger partial charge is 0.252 e. The zero-order valence-corrected chi connectivity index (χ0v) is 71.0. The van der Waals surface area contributed by atoms with Crippen molar-refractivity contribution in [3.63, 3.8) is 0 Å². The molecular formula is C117H83BN2O2S2. The van der Waals surface area contributed by atoms with Gasteiger partial charge in [0.15, 0.2) is 0 Å². The molecule has 0 fully saturated rings. The van der Waals surface area contributed by atoms with E-state index in [-0.39, 0.29) is 16.4 Å². The first-order valence-corrected chi connectivity index (χ1v) is 44.5. The molecule has 24 rings (SSSR count). The molecule has 0 saturated heterocycles. The lowest BCUT2D eigenvalue weighted by Gasteiger charge is -2.46. The zero-order valence-electron chi connectivity index (χ0n) is 72.4. The average Bonchev–Trinajstić information content (AvgIpc) is 0.867. The first-order chi connectivity index (χ1) is 61.9. The number of anilines is 6. The van der Waals surface area contributed by atoms with Crippen LogP contribution in [-0.4, -0.2) is 6.71 Å². The molecule has 0 N–H and O–H groups in total. The molecule has 0 radical (unpaired) electrons. The van der Waals surface area contributed by atoms with Crippen LogP contribution >= 0.6 is 22.7 Å². The van der Waals surface area contributed by atoms with Crippen LogP contribution in [0.3, 0.4) is 0 Å². The second-order valence-electron chi connectivity index (χ2n) is 35.5. The van der Waals surface area contributed by atoms with E-state index in [0.717, 1.165) is 200 Å². The van der Waals surface area contributed by atoms with Crippen LogP contribution < -0.4 is 26.2 Å². The molecule has 18 aromatic carbocycles. The van der Waals surface area contributed by atoms with Crippen LogP contribution in [0.4, 0.5) is 34.1 Å². The Hall–Kier alpha value is -14.3. The predicted molar refractivity (Wildman–Crippen MR) is 532 cm³/mol. The Labute approximate surface area is 733 Å². The van der Waals surface area contributed by atoms with Gasteiger partial charge < -0.3 is 18.6 Å². The standard InChI is InChI=1S/C117H83BN2O2S2/c1-70-58-75(71-30-11-8-12-31-71)60-76(59-70)74-54-57-97-96(64-74)118-95-56-55-81(116(2,3)4)69-98(95)120(115-93(85-40-26-48-103-109(85)89-36-17-21-46-101(89)121-103)67-82(117(5,6)7)68-94(115)86-41-27-49-104-110(86)90-37-18-22-47-102(90)122-104)100-66-80(79-62-77(72-32-13-9-14-33-72)61-78(63-79)73-34-15-10-16-35-73)65-99(113(100)118)119(97)114-87(83-42-28-52-107-111(83)91-38-19-23-50-105(91)123-107)44-25-45-88(114)84-43-29-53-108-112(84)92-39-20-24-51-106(92)124-108/h8-69H,1-7H3/i1D3. The van der Waals surface area contributed by atoms with E-state index in [9.17, 15) is 4.11 Å². The predicted octanol–water partition coefficient (Wildman–Crippen LogP) is 32.2. The van der Waals surface area contributed by atoms with E-state index < -0.39 is 13.6 Å². The van der Waals surface area contributed by atoms with E-state index in [1.165, 1.54) is 45.9 Å². The Kier molecular flexibility index (Phi) is 16.1. The molecule has 2 aliphatic rings. The molecule has 0 saturated carbocycles. The van der Waals surface area contributed by atoms with Gasteiger partial charge in [-0.05, 0) is 238 Å². The summed E-state index contributed by atoms with van der Waals surface area (Å²) in [5.74, 6) is 0. The minimum absolute atomic E-state index is 0.273. The quantitative estimate of drug-likeness (QED) is 0.121. The summed E-state index contributed by atoms with van der Waals surface area (Å²) < 4.78 is 46.7. The fourth-order valence-corrected chi connectivity index (χ4v) is 22.5. The van der Waals surface area contributed by atoms with E-state index in [0.29, 0.717) is 0 Å². The summed E-state index contributed by atoms with van der Waals surface area (Å²) in [4.78, 5) is 5.40. The summed E-state index contributed by atoms with van der Waals surface area (Å²) in [6.07, 6.45) is 0. The normalized spacial score (nSPS) is 13.2. The average molecular weight is 1630 g/mol. The highest BCUT2D eigenvalue weighted by Gasteiger charge is 2.47. The molecule has 124 heavy (non-hydrogen) atoms. The van der Waals surface area contributed by atoms with Gasteiger partial charge in [-0.15, -0.1) is 22.7 Å². The highest BCUT2D eigenvalue weighted by atomic mass is 32.1. The molecule has 0 aliphatic carbocycles. The van der Waals surface area contributed by atoms with Gasteiger partial charge in [-0.2, -0.15) is 0 Å². The molecule has 7 heteroatoms. The van der Waals surface area contributed by atoms with Crippen molar-refractivity contribution in [2.45, 2.75) is 59.2 Å². The van der Waals surface area contributed by atoms with Gasteiger partial charge in [-0.3, -0.25) is 0 Å². The highest BCUT2D eigenvalue weighted by Crippen LogP contribution is 2.59.